The fraction of sp³-hybridized carbons (Fsp3) is 0.182. The third-order valence-corrected chi connectivity index (χ3v) is 15.0. The Balaban J connectivity index is 0.697. The molecular formula is C66H58N2O8. The summed E-state index contributed by atoms with van der Waals surface area (Å²) in [5.41, 5.74) is 4.14. The minimum absolute atomic E-state index is 0.178. The zero-order valence-corrected chi connectivity index (χ0v) is 42.0. The van der Waals surface area contributed by atoms with Crippen LogP contribution in [-0.2, 0) is 23.9 Å². The average Bonchev–Trinajstić information content (AvgIpc) is 3.93. The van der Waals surface area contributed by atoms with Crippen molar-refractivity contribution in [3.8, 4) is 23.3 Å². The van der Waals surface area contributed by atoms with Crippen molar-refractivity contribution >= 4 is 0 Å². The summed E-state index contributed by atoms with van der Waals surface area (Å²) in [6, 6.07) is 73.9. The van der Waals surface area contributed by atoms with Crippen LogP contribution in [0, 0.1) is 11.8 Å². The van der Waals surface area contributed by atoms with Crippen molar-refractivity contribution in [2.45, 2.75) is 49.6 Å². The van der Waals surface area contributed by atoms with E-state index >= 15 is 0 Å². The molecule has 8 aromatic carbocycles. The second-order valence-corrected chi connectivity index (χ2v) is 19.7. The second-order valence-electron chi connectivity index (χ2n) is 19.7. The Bertz CT molecular complexity index is 3150. The maximum absolute atomic E-state index is 14.0. The van der Waals surface area contributed by atoms with E-state index in [-0.39, 0.29) is 36.1 Å². The molecule has 0 saturated heterocycles. The Morgan fingerprint density at radius 2 is 0.632 bits per heavy atom. The lowest BCUT2D eigenvalue weighted by molar-refractivity contribution is 0.148. The zero-order valence-electron chi connectivity index (χ0n) is 42.0. The third kappa shape index (κ3) is 9.54. The molecular weight excluding hydrogens is 949 g/mol. The van der Waals surface area contributed by atoms with E-state index in [2.05, 4.69) is 0 Å². The molecule has 2 N–H and O–H groups in total. The Morgan fingerprint density at radius 3 is 0.882 bits per heavy atom. The van der Waals surface area contributed by atoms with Gasteiger partial charge in [-0.2, -0.15) is 0 Å². The Labute approximate surface area is 441 Å². The smallest absolute Gasteiger partial charge is 0.423 e. The van der Waals surface area contributed by atoms with Crippen LogP contribution in [0.25, 0.3) is 0 Å². The molecule has 0 aliphatic heterocycles. The highest BCUT2D eigenvalue weighted by Crippen LogP contribution is 2.45. The number of hydrogen-bond acceptors (Lipinski definition) is 8. The monoisotopic (exact) mass is 1010 g/mol. The summed E-state index contributed by atoms with van der Waals surface area (Å²) in [6.07, 6.45) is 4.55. The first kappa shape index (κ1) is 49.2. The van der Waals surface area contributed by atoms with E-state index in [1.165, 1.54) is 9.13 Å². The van der Waals surface area contributed by atoms with Crippen molar-refractivity contribution in [3.63, 3.8) is 0 Å². The lowest BCUT2D eigenvalue weighted by atomic mass is 9.76. The van der Waals surface area contributed by atoms with Crippen molar-refractivity contribution in [1.29, 1.82) is 0 Å². The Hall–Kier alpha value is -9.02. The van der Waals surface area contributed by atoms with Gasteiger partial charge in [-0.05, 0) is 106 Å². The molecule has 2 heterocycles. The molecule has 0 bridgehead atoms. The SMILES string of the molecule is O=c1oc(Cc2ccc(OCC3CCC(COc4ccc(Cc5oc(=O)n(C(c6ccccc6)(c6ccccc6)c6ccccc6)c5O)cc4)CC3)cc2)c(O)n1C(c1ccccc1)(c1ccccc1)c1ccccc1. The van der Waals surface area contributed by atoms with Gasteiger partial charge >= 0.3 is 11.5 Å². The number of rotatable bonds is 18. The molecule has 1 aliphatic carbocycles. The van der Waals surface area contributed by atoms with E-state index < -0.39 is 22.6 Å². The van der Waals surface area contributed by atoms with Crippen molar-refractivity contribution in [2.75, 3.05) is 13.2 Å². The van der Waals surface area contributed by atoms with Crippen molar-refractivity contribution in [2.24, 2.45) is 11.8 Å². The summed E-state index contributed by atoms with van der Waals surface area (Å²) >= 11 is 0. The van der Waals surface area contributed by atoms with Crippen LogP contribution in [0.2, 0.25) is 0 Å². The average molecular weight is 1010 g/mol. The van der Waals surface area contributed by atoms with E-state index in [4.69, 9.17) is 18.3 Å². The van der Waals surface area contributed by atoms with Crippen LogP contribution < -0.4 is 21.0 Å². The van der Waals surface area contributed by atoms with Gasteiger partial charge in [0.2, 0.25) is 11.8 Å². The normalized spacial score (nSPS) is 14.8. The van der Waals surface area contributed by atoms with Gasteiger partial charge in [0, 0.05) is 12.8 Å². The summed E-state index contributed by atoms with van der Waals surface area (Å²) in [7, 11) is 0. The summed E-state index contributed by atoms with van der Waals surface area (Å²) in [5, 5.41) is 23.9. The molecule has 0 atom stereocenters. The summed E-state index contributed by atoms with van der Waals surface area (Å²) in [6.45, 7) is 1.22. The lowest BCUT2D eigenvalue weighted by Gasteiger charge is -2.36. The number of hydrogen-bond donors (Lipinski definition) is 2. The van der Waals surface area contributed by atoms with E-state index in [1.807, 2.05) is 231 Å². The highest BCUT2D eigenvalue weighted by atomic mass is 16.5. The number of ether oxygens (including phenoxy) is 2. The number of nitrogens with zero attached hydrogens (tertiary/aromatic N) is 2. The van der Waals surface area contributed by atoms with Crippen LogP contribution in [0.15, 0.2) is 249 Å². The molecule has 0 spiro atoms. The molecule has 0 radical (unpaired) electrons. The Morgan fingerprint density at radius 1 is 0.382 bits per heavy atom. The van der Waals surface area contributed by atoms with Gasteiger partial charge in [-0.25, -0.2) is 18.7 Å². The molecule has 11 rings (SSSR count). The van der Waals surface area contributed by atoms with Gasteiger partial charge in [0.15, 0.2) is 11.5 Å². The molecule has 1 fully saturated rings. The number of aromatic hydroxyl groups is 2. The largest absolute Gasteiger partial charge is 0.493 e. The lowest BCUT2D eigenvalue weighted by Crippen LogP contribution is -2.42. The van der Waals surface area contributed by atoms with Crippen LogP contribution in [0.3, 0.4) is 0 Å². The van der Waals surface area contributed by atoms with Crippen LogP contribution >= 0.6 is 0 Å². The van der Waals surface area contributed by atoms with Crippen LogP contribution in [0.1, 0.15) is 81.7 Å². The predicted molar refractivity (Wildman–Crippen MR) is 293 cm³/mol. The first-order valence-corrected chi connectivity index (χ1v) is 26.0. The van der Waals surface area contributed by atoms with Gasteiger partial charge < -0.3 is 28.5 Å². The van der Waals surface area contributed by atoms with E-state index in [0.717, 1.165) is 81.7 Å². The molecule has 2 aromatic heterocycles. The molecule has 380 valence electrons. The maximum Gasteiger partial charge on any atom is 0.423 e. The summed E-state index contributed by atoms with van der Waals surface area (Å²) < 4.78 is 27.2. The number of aromatic nitrogens is 2. The Kier molecular flexibility index (Phi) is 14.1. The standard InChI is InChI=1S/C66H58N2O8/c69-61-59(75-63(71)67(61)65(51-19-7-1-8-20-51,52-21-9-2-10-22-52)53-23-11-3-12-24-53)43-47-35-39-57(40-36-47)73-45-49-31-33-50(34-32-49)46-74-58-41-37-48(38-42-58)44-60-62(70)68(64(72)76-60)66(54-25-13-4-14-26-54,55-27-15-5-16-28-55)56-29-17-6-18-30-56/h1-30,35-42,49-50,69-70H,31-34,43-46H2. The fourth-order valence-corrected chi connectivity index (χ4v) is 11.3. The summed E-state index contributed by atoms with van der Waals surface area (Å²) in [5.74, 6) is 0.936. The van der Waals surface area contributed by atoms with E-state index in [0.29, 0.717) is 25.0 Å². The highest BCUT2D eigenvalue weighted by molar-refractivity contribution is 5.54. The zero-order chi connectivity index (χ0) is 51.9. The van der Waals surface area contributed by atoms with Crippen LogP contribution in [0.5, 0.6) is 23.3 Å². The molecule has 0 unspecified atom stereocenters. The molecule has 1 saturated carbocycles. The van der Waals surface area contributed by atoms with Crippen molar-refractivity contribution in [3.05, 3.63) is 308 Å². The quantitative estimate of drug-likeness (QED) is 0.0813. The molecule has 0 amide bonds. The maximum atomic E-state index is 14.0. The summed E-state index contributed by atoms with van der Waals surface area (Å²) in [4.78, 5) is 28.0. The van der Waals surface area contributed by atoms with Crippen LogP contribution in [0.4, 0.5) is 0 Å². The predicted octanol–water partition coefficient (Wildman–Crippen LogP) is 12.7. The van der Waals surface area contributed by atoms with Gasteiger partial charge in [-0.3, -0.25) is 0 Å². The third-order valence-electron chi connectivity index (χ3n) is 15.0. The first-order valence-electron chi connectivity index (χ1n) is 26.0. The minimum Gasteiger partial charge on any atom is -0.493 e. The molecule has 10 aromatic rings. The molecule has 10 heteroatoms. The van der Waals surface area contributed by atoms with Gasteiger partial charge in [0.05, 0.1) is 13.2 Å². The van der Waals surface area contributed by atoms with Crippen molar-refractivity contribution < 1.29 is 28.5 Å². The number of benzene rings is 8. The molecule has 76 heavy (non-hydrogen) atoms. The van der Waals surface area contributed by atoms with E-state index in [1.54, 1.807) is 0 Å². The fourth-order valence-electron chi connectivity index (χ4n) is 11.3. The van der Waals surface area contributed by atoms with Gasteiger partial charge in [0.1, 0.15) is 22.6 Å². The molecule has 1 aliphatic rings. The number of oxazole rings is 2. The minimum atomic E-state index is -1.21. The highest BCUT2D eigenvalue weighted by Gasteiger charge is 2.45. The van der Waals surface area contributed by atoms with Crippen LogP contribution in [-0.4, -0.2) is 32.6 Å². The molecule has 10 nitrogen and oxygen atoms in total. The van der Waals surface area contributed by atoms with Gasteiger partial charge in [-0.15, -0.1) is 0 Å². The first-order chi connectivity index (χ1) is 37.3. The van der Waals surface area contributed by atoms with Gasteiger partial charge in [-0.1, -0.05) is 206 Å². The second kappa shape index (κ2) is 21.8. The topological polar surface area (TPSA) is 129 Å². The van der Waals surface area contributed by atoms with Gasteiger partial charge in [0.25, 0.3) is 0 Å². The van der Waals surface area contributed by atoms with Crippen molar-refractivity contribution in [1.82, 2.24) is 9.13 Å². The van der Waals surface area contributed by atoms with E-state index in [9.17, 15) is 19.8 Å².